The summed E-state index contributed by atoms with van der Waals surface area (Å²) >= 11 is 1.99. The molecule has 4 heteroatoms. The quantitative estimate of drug-likeness (QED) is 0.636. The highest BCUT2D eigenvalue weighted by Crippen LogP contribution is 2.25. The molecule has 1 aliphatic heterocycles. The lowest BCUT2D eigenvalue weighted by atomic mass is 10.2. The van der Waals surface area contributed by atoms with Crippen molar-refractivity contribution in [3.05, 3.63) is 35.9 Å². The van der Waals surface area contributed by atoms with E-state index in [1.807, 2.05) is 30.0 Å². The monoisotopic (exact) mass is 249 g/mol. The molecule has 3 nitrogen and oxygen atoms in total. The Morgan fingerprint density at radius 3 is 2.88 bits per heavy atom. The zero-order chi connectivity index (χ0) is 12.1. The maximum absolute atomic E-state index is 5.88. The van der Waals surface area contributed by atoms with Gasteiger partial charge in [-0.2, -0.15) is 11.8 Å². The molecule has 0 bridgehead atoms. The number of benzene rings is 1. The number of rotatable bonds is 3. The van der Waals surface area contributed by atoms with Crippen LogP contribution < -0.4 is 11.1 Å². The molecule has 0 spiro atoms. The van der Waals surface area contributed by atoms with Gasteiger partial charge in [-0.25, -0.2) is 4.99 Å². The predicted molar refractivity (Wildman–Crippen MR) is 75.2 cm³/mol. The highest BCUT2D eigenvalue weighted by molar-refractivity contribution is 8.00. The minimum atomic E-state index is 0.481. The fourth-order valence-electron chi connectivity index (χ4n) is 1.93. The number of guanidine groups is 1. The first kappa shape index (κ1) is 12.3. The number of nitrogens with two attached hydrogens (primary N) is 1. The van der Waals surface area contributed by atoms with Gasteiger partial charge in [-0.1, -0.05) is 37.3 Å². The Morgan fingerprint density at radius 1 is 1.47 bits per heavy atom. The van der Waals surface area contributed by atoms with Crippen LogP contribution in [0.2, 0.25) is 0 Å². The van der Waals surface area contributed by atoms with Crippen molar-refractivity contribution in [1.29, 1.82) is 0 Å². The van der Waals surface area contributed by atoms with Crippen LogP contribution in [0, 0.1) is 0 Å². The van der Waals surface area contributed by atoms with Crippen molar-refractivity contribution in [3.63, 3.8) is 0 Å². The van der Waals surface area contributed by atoms with E-state index < -0.39 is 0 Å². The number of thioether (sulfide) groups is 1. The summed E-state index contributed by atoms with van der Waals surface area (Å²) in [6, 6.07) is 10.6. The Hall–Kier alpha value is -1.16. The first-order valence-corrected chi connectivity index (χ1v) is 7.01. The van der Waals surface area contributed by atoms with Gasteiger partial charge in [0.05, 0.1) is 6.54 Å². The molecule has 2 unspecified atom stereocenters. The Kier molecular flexibility index (Phi) is 4.31. The normalized spacial score (nSPS) is 24.9. The van der Waals surface area contributed by atoms with Crippen molar-refractivity contribution >= 4 is 17.7 Å². The SMILES string of the molecule is CC1CC(NC(N)=NCc2ccccc2)CS1. The molecule has 1 heterocycles. The van der Waals surface area contributed by atoms with Gasteiger partial charge >= 0.3 is 0 Å². The third-order valence-corrected chi connectivity index (χ3v) is 4.18. The number of nitrogens with zero attached hydrogens (tertiary/aromatic N) is 1. The Labute approximate surface area is 107 Å². The van der Waals surface area contributed by atoms with Gasteiger partial charge in [-0.3, -0.25) is 0 Å². The summed E-state index contributed by atoms with van der Waals surface area (Å²) < 4.78 is 0. The smallest absolute Gasteiger partial charge is 0.189 e. The van der Waals surface area contributed by atoms with E-state index in [2.05, 4.69) is 29.4 Å². The predicted octanol–water partition coefficient (Wildman–Crippen LogP) is 1.98. The molecule has 0 saturated carbocycles. The van der Waals surface area contributed by atoms with E-state index in [9.17, 15) is 0 Å². The van der Waals surface area contributed by atoms with E-state index in [4.69, 9.17) is 5.73 Å². The molecule has 1 fully saturated rings. The van der Waals surface area contributed by atoms with Crippen molar-refractivity contribution in [2.75, 3.05) is 5.75 Å². The third-order valence-electron chi connectivity index (χ3n) is 2.83. The minimum Gasteiger partial charge on any atom is -0.370 e. The van der Waals surface area contributed by atoms with Crippen molar-refractivity contribution < 1.29 is 0 Å². The summed E-state index contributed by atoms with van der Waals surface area (Å²) in [5.74, 6) is 1.69. The molecule has 2 atom stereocenters. The van der Waals surface area contributed by atoms with Crippen molar-refractivity contribution in [1.82, 2.24) is 5.32 Å². The first-order valence-electron chi connectivity index (χ1n) is 5.96. The van der Waals surface area contributed by atoms with Crippen LogP contribution in [0.4, 0.5) is 0 Å². The van der Waals surface area contributed by atoms with Gasteiger partial charge in [0.25, 0.3) is 0 Å². The molecular weight excluding hydrogens is 230 g/mol. The van der Waals surface area contributed by atoms with Crippen molar-refractivity contribution in [2.45, 2.75) is 31.2 Å². The largest absolute Gasteiger partial charge is 0.370 e. The molecule has 3 N–H and O–H groups in total. The fourth-order valence-corrected chi connectivity index (χ4v) is 3.08. The van der Waals surface area contributed by atoms with Gasteiger partial charge in [-0.15, -0.1) is 0 Å². The molecular formula is C13H19N3S. The molecule has 1 saturated heterocycles. The number of nitrogens with one attached hydrogen (secondary N) is 1. The maximum Gasteiger partial charge on any atom is 0.189 e. The average Bonchev–Trinajstić information content (AvgIpc) is 2.73. The van der Waals surface area contributed by atoms with Gasteiger partial charge in [-0.05, 0) is 12.0 Å². The Bertz CT molecular complexity index is 378. The number of aliphatic imine (C=N–C) groups is 1. The van der Waals surface area contributed by atoms with Crippen LogP contribution >= 0.6 is 11.8 Å². The second kappa shape index (κ2) is 5.96. The van der Waals surface area contributed by atoms with Gasteiger partial charge in [0.15, 0.2) is 5.96 Å². The lowest BCUT2D eigenvalue weighted by Gasteiger charge is -2.12. The third kappa shape index (κ3) is 3.97. The van der Waals surface area contributed by atoms with Crippen LogP contribution in [0.15, 0.2) is 35.3 Å². The van der Waals surface area contributed by atoms with E-state index >= 15 is 0 Å². The summed E-state index contributed by atoms with van der Waals surface area (Å²) in [5.41, 5.74) is 7.06. The van der Waals surface area contributed by atoms with E-state index in [1.54, 1.807) is 0 Å². The van der Waals surface area contributed by atoms with E-state index in [1.165, 1.54) is 12.0 Å². The molecule has 0 aromatic heterocycles. The minimum absolute atomic E-state index is 0.481. The standard InChI is InChI=1S/C13H19N3S/c1-10-7-12(9-17-10)16-13(14)15-8-11-5-3-2-4-6-11/h2-6,10,12H,7-9H2,1H3,(H3,14,15,16). The molecule has 0 amide bonds. The second-order valence-electron chi connectivity index (χ2n) is 4.41. The Balaban J connectivity index is 1.81. The summed E-state index contributed by atoms with van der Waals surface area (Å²) in [4.78, 5) is 4.36. The molecule has 1 aromatic carbocycles. The lowest BCUT2D eigenvalue weighted by Crippen LogP contribution is -2.40. The molecule has 1 aliphatic rings. The molecule has 92 valence electrons. The topological polar surface area (TPSA) is 50.4 Å². The maximum atomic E-state index is 5.88. The Morgan fingerprint density at radius 2 is 2.24 bits per heavy atom. The summed E-state index contributed by atoms with van der Waals surface area (Å²) in [7, 11) is 0. The number of hydrogen-bond acceptors (Lipinski definition) is 2. The molecule has 0 radical (unpaired) electrons. The van der Waals surface area contributed by atoms with Crippen LogP contribution in [-0.2, 0) is 6.54 Å². The fraction of sp³-hybridized carbons (Fsp3) is 0.462. The van der Waals surface area contributed by atoms with Crippen molar-refractivity contribution in [3.8, 4) is 0 Å². The molecule has 1 aromatic rings. The molecule has 17 heavy (non-hydrogen) atoms. The molecule has 2 rings (SSSR count). The first-order chi connectivity index (χ1) is 8.24. The van der Waals surface area contributed by atoms with Gasteiger partial charge in [0.1, 0.15) is 0 Å². The van der Waals surface area contributed by atoms with Gasteiger partial charge < -0.3 is 11.1 Å². The highest BCUT2D eigenvalue weighted by Gasteiger charge is 2.21. The van der Waals surface area contributed by atoms with Crippen molar-refractivity contribution in [2.24, 2.45) is 10.7 Å². The highest BCUT2D eigenvalue weighted by atomic mass is 32.2. The average molecular weight is 249 g/mol. The summed E-state index contributed by atoms with van der Waals surface area (Å²) in [6.07, 6.45) is 1.17. The summed E-state index contributed by atoms with van der Waals surface area (Å²) in [6.45, 7) is 2.90. The lowest BCUT2D eigenvalue weighted by molar-refractivity contribution is 0.636. The van der Waals surface area contributed by atoms with Gasteiger partial charge in [0, 0.05) is 17.0 Å². The van der Waals surface area contributed by atoms with Crippen LogP contribution in [-0.4, -0.2) is 23.0 Å². The van der Waals surface area contributed by atoms with E-state index in [-0.39, 0.29) is 0 Å². The zero-order valence-corrected chi connectivity index (χ0v) is 10.9. The van der Waals surface area contributed by atoms with Crippen LogP contribution in [0.5, 0.6) is 0 Å². The van der Waals surface area contributed by atoms with Crippen LogP contribution in [0.25, 0.3) is 0 Å². The zero-order valence-electron chi connectivity index (χ0n) is 10.1. The van der Waals surface area contributed by atoms with Gasteiger partial charge in [0.2, 0.25) is 0 Å². The molecule has 0 aliphatic carbocycles. The van der Waals surface area contributed by atoms with Crippen LogP contribution in [0.3, 0.4) is 0 Å². The van der Waals surface area contributed by atoms with Crippen LogP contribution in [0.1, 0.15) is 18.9 Å². The summed E-state index contributed by atoms with van der Waals surface area (Å²) in [5, 5.41) is 4.02. The van der Waals surface area contributed by atoms with E-state index in [0.29, 0.717) is 18.5 Å². The number of hydrogen-bond donors (Lipinski definition) is 2. The van der Waals surface area contributed by atoms with E-state index in [0.717, 1.165) is 11.0 Å². The second-order valence-corrected chi connectivity index (χ2v) is 5.88.